The zero-order valence-corrected chi connectivity index (χ0v) is 11.1. The van der Waals surface area contributed by atoms with Crippen LogP contribution < -0.4 is 10.5 Å². The summed E-state index contributed by atoms with van der Waals surface area (Å²) in [4.78, 5) is 12.3. The fraction of sp³-hybridized carbons (Fsp3) is 0.188. The quantitative estimate of drug-likeness (QED) is 0.674. The number of nitrogen functional groups attached to an aromatic ring is 1. The van der Waals surface area contributed by atoms with E-state index >= 15 is 0 Å². The predicted molar refractivity (Wildman–Crippen MR) is 76.7 cm³/mol. The van der Waals surface area contributed by atoms with E-state index < -0.39 is 0 Å². The third-order valence-electron chi connectivity index (χ3n) is 3.12. The summed E-state index contributed by atoms with van der Waals surface area (Å²) in [7, 11) is 1.55. The summed E-state index contributed by atoms with van der Waals surface area (Å²) in [6.07, 6.45) is 0.962. The van der Waals surface area contributed by atoms with E-state index in [1.54, 1.807) is 25.3 Å². The van der Waals surface area contributed by atoms with Crippen LogP contribution in [0.3, 0.4) is 0 Å². The van der Waals surface area contributed by atoms with Gasteiger partial charge in [0.2, 0.25) is 0 Å². The lowest BCUT2D eigenvalue weighted by atomic mass is 10.0. The van der Waals surface area contributed by atoms with Crippen LogP contribution >= 0.6 is 0 Å². The number of rotatable bonds is 4. The van der Waals surface area contributed by atoms with Crippen molar-refractivity contribution in [1.29, 1.82) is 0 Å². The van der Waals surface area contributed by atoms with Gasteiger partial charge in [0.25, 0.3) is 0 Å². The second kappa shape index (κ2) is 5.57. The molecule has 0 aliphatic carbocycles. The van der Waals surface area contributed by atoms with E-state index in [9.17, 15) is 4.79 Å². The molecule has 0 aliphatic rings. The minimum absolute atomic E-state index is 0.0305. The Labute approximate surface area is 113 Å². The van der Waals surface area contributed by atoms with Crippen molar-refractivity contribution in [2.75, 3.05) is 12.8 Å². The first-order valence-corrected chi connectivity index (χ1v) is 6.23. The molecule has 0 fully saturated rings. The van der Waals surface area contributed by atoms with Gasteiger partial charge < -0.3 is 10.5 Å². The molecular weight excluding hydrogens is 238 g/mol. The molecule has 0 aliphatic heterocycles. The highest BCUT2D eigenvalue weighted by Crippen LogP contribution is 2.23. The number of benzene rings is 2. The number of ketones is 1. The summed E-state index contributed by atoms with van der Waals surface area (Å²) in [5, 5.41) is 0. The Hall–Kier alpha value is -2.29. The van der Waals surface area contributed by atoms with Crippen molar-refractivity contribution in [3.63, 3.8) is 0 Å². The van der Waals surface area contributed by atoms with Crippen LogP contribution in [0.2, 0.25) is 0 Å². The average Bonchev–Trinajstić information content (AvgIpc) is 2.46. The maximum absolute atomic E-state index is 12.3. The fourth-order valence-electron chi connectivity index (χ4n) is 1.93. The van der Waals surface area contributed by atoms with E-state index in [0.29, 0.717) is 22.6 Å². The van der Waals surface area contributed by atoms with E-state index in [1.807, 2.05) is 24.3 Å². The Kier molecular flexibility index (Phi) is 3.85. The van der Waals surface area contributed by atoms with Gasteiger partial charge in [0.1, 0.15) is 5.75 Å². The smallest absolute Gasteiger partial charge is 0.193 e. The van der Waals surface area contributed by atoms with Gasteiger partial charge >= 0.3 is 0 Å². The van der Waals surface area contributed by atoms with Gasteiger partial charge in [0.15, 0.2) is 5.78 Å². The lowest BCUT2D eigenvalue weighted by Gasteiger charge is -2.07. The minimum atomic E-state index is -0.0305. The maximum Gasteiger partial charge on any atom is 0.193 e. The van der Waals surface area contributed by atoms with Crippen LogP contribution in [0, 0.1) is 0 Å². The molecule has 0 atom stereocenters. The standard InChI is InChI=1S/C16H17NO2/c1-3-11-4-6-12(7-5-11)16(18)13-8-9-15(19-2)14(17)10-13/h4-10H,3,17H2,1-2H3. The molecule has 3 heteroatoms. The Balaban J connectivity index is 2.30. The molecule has 0 bridgehead atoms. The van der Waals surface area contributed by atoms with E-state index in [4.69, 9.17) is 10.5 Å². The number of methoxy groups -OCH3 is 1. The number of nitrogens with two attached hydrogens (primary N) is 1. The van der Waals surface area contributed by atoms with Crippen LogP contribution in [0.5, 0.6) is 5.75 Å². The van der Waals surface area contributed by atoms with Crippen molar-refractivity contribution in [3.05, 3.63) is 59.2 Å². The fourth-order valence-corrected chi connectivity index (χ4v) is 1.93. The lowest BCUT2D eigenvalue weighted by molar-refractivity contribution is 0.103. The molecule has 0 saturated carbocycles. The van der Waals surface area contributed by atoms with Crippen LogP contribution in [-0.2, 0) is 6.42 Å². The number of ether oxygens (including phenoxy) is 1. The highest BCUT2D eigenvalue weighted by Gasteiger charge is 2.10. The first kappa shape index (κ1) is 13.1. The summed E-state index contributed by atoms with van der Waals surface area (Å²) < 4.78 is 5.08. The van der Waals surface area contributed by atoms with Crippen LogP contribution in [0.1, 0.15) is 28.4 Å². The molecule has 0 heterocycles. The third-order valence-corrected chi connectivity index (χ3v) is 3.12. The van der Waals surface area contributed by atoms with Gasteiger partial charge in [-0.15, -0.1) is 0 Å². The average molecular weight is 255 g/mol. The van der Waals surface area contributed by atoms with Crippen molar-refractivity contribution < 1.29 is 9.53 Å². The van der Waals surface area contributed by atoms with Gasteiger partial charge in [-0.25, -0.2) is 0 Å². The van der Waals surface area contributed by atoms with Crippen molar-refractivity contribution in [2.24, 2.45) is 0 Å². The number of anilines is 1. The van der Waals surface area contributed by atoms with Crippen molar-refractivity contribution in [2.45, 2.75) is 13.3 Å². The van der Waals surface area contributed by atoms with Crippen LogP contribution in [-0.4, -0.2) is 12.9 Å². The summed E-state index contributed by atoms with van der Waals surface area (Å²) >= 11 is 0. The van der Waals surface area contributed by atoms with E-state index in [2.05, 4.69) is 6.92 Å². The Morgan fingerprint density at radius 2 is 1.74 bits per heavy atom. The number of hydrogen-bond acceptors (Lipinski definition) is 3. The molecule has 2 N–H and O–H groups in total. The second-order valence-corrected chi connectivity index (χ2v) is 4.34. The molecule has 0 unspecified atom stereocenters. The maximum atomic E-state index is 12.3. The van der Waals surface area contributed by atoms with E-state index in [1.165, 1.54) is 5.56 Å². The Morgan fingerprint density at radius 3 is 2.26 bits per heavy atom. The zero-order valence-electron chi connectivity index (χ0n) is 11.1. The highest BCUT2D eigenvalue weighted by molar-refractivity contribution is 6.09. The topological polar surface area (TPSA) is 52.3 Å². The zero-order chi connectivity index (χ0) is 13.8. The lowest BCUT2D eigenvalue weighted by Crippen LogP contribution is -2.03. The molecular formula is C16H17NO2. The van der Waals surface area contributed by atoms with Gasteiger partial charge in [-0.1, -0.05) is 31.2 Å². The second-order valence-electron chi connectivity index (χ2n) is 4.34. The van der Waals surface area contributed by atoms with Gasteiger partial charge in [-0.05, 0) is 30.2 Å². The van der Waals surface area contributed by atoms with Crippen molar-refractivity contribution >= 4 is 11.5 Å². The summed E-state index contributed by atoms with van der Waals surface area (Å²) in [6, 6.07) is 12.7. The molecule has 2 rings (SSSR count). The predicted octanol–water partition coefficient (Wildman–Crippen LogP) is 3.07. The van der Waals surface area contributed by atoms with Gasteiger partial charge in [0, 0.05) is 11.1 Å². The highest BCUT2D eigenvalue weighted by atomic mass is 16.5. The normalized spacial score (nSPS) is 10.2. The molecule has 0 aromatic heterocycles. The molecule has 3 nitrogen and oxygen atoms in total. The van der Waals surface area contributed by atoms with Gasteiger partial charge in [0.05, 0.1) is 12.8 Å². The number of aryl methyl sites for hydroxylation is 1. The van der Waals surface area contributed by atoms with Crippen molar-refractivity contribution in [1.82, 2.24) is 0 Å². The molecule has 0 radical (unpaired) electrons. The van der Waals surface area contributed by atoms with Gasteiger partial charge in [-0.3, -0.25) is 4.79 Å². The molecule has 0 amide bonds. The Morgan fingerprint density at radius 1 is 1.11 bits per heavy atom. The molecule has 2 aromatic carbocycles. The monoisotopic (exact) mass is 255 g/mol. The minimum Gasteiger partial charge on any atom is -0.495 e. The molecule has 2 aromatic rings. The number of carbonyl (C=O) groups is 1. The molecule has 19 heavy (non-hydrogen) atoms. The van der Waals surface area contributed by atoms with Crippen LogP contribution in [0.25, 0.3) is 0 Å². The number of hydrogen-bond donors (Lipinski definition) is 1. The first-order chi connectivity index (χ1) is 9.15. The van der Waals surface area contributed by atoms with Crippen LogP contribution in [0.4, 0.5) is 5.69 Å². The third kappa shape index (κ3) is 2.76. The summed E-state index contributed by atoms with van der Waals surface area (Å²) in [5.74, 6) is 0.551. The molecule has 98 valence electrons. The summed E-state index contributed by atoms with van der Waals surface area (Å²) in [5.41, 5.74) is 8.74. The molecule has 0 spiro atoms. The van der Waals surface area contributed by atoms with Crippen LogP contribution in [0.15, 0.2) is 42.5 Å². The molecule has 0 saturated heterocycles. The van der Waals surface area contributed by atoms with Gasteiger partial charge in [-0.2, -0.15) is 0 Å². The summed E-state index contributed by atoms with van der Waals surface area (Å²) in [6.45, 7) is 2.08. The first-order valence-electron chi connectivity index (χ1n) is 6.23. The van der Waals surface area contributed by atoms with Crippen molar-refractivity contribution in [3.8, 4) is 5.75 Å². The largest absolute Gasteiger partial charge is 0.495 e. The Bertz CT molecular complexity index is 588. The van der Waals surface area contributed by atoms with E-state index in [-0.39, 0.29) is 5.78 Å². The number of carbonyl (C=O) groups excluding carboxylic acids is 1. The van der Waals surface area contributed by atoms with E-state index in [0.717, 1.165) is 6.42 Å². The SMILES string of the molecule is CCc1ccc(C(=O)c2ccc(OC)c(N)c2)cc1.